The summed E-state index contributed by atoms with van der Waals surface area (Å²) in [7, 11) is 0. The SMILES string of the molecule is CCCNC(c1cc(Cl)ccc1Br)C1CCC1. The summed E-state index contributed by atoms with van der Waals surface area (Å²) in [6.07, 6.45) is 5.20. The molecule has 0 amide bonds. The van der Waals surface area contributed by atoms with E-state index in [4.69, 9.17) is 11.6 Å². The van der Waals surface area contributed by atoms with Crippen molar-refractivity contribution in [3.05, 3.63) is 33.3 Å². The molecular formula is C14H19BrClN. The van der Waals surface area contributed by atoms with Crippen LogP contribution in [0.15, 0.2) is 22.7 Å². The number of hydrogen-bond acceptors (Lipinski definition) is 1. The standard InChI is InChI=1S/C14H19BrClN/c1-2-8-17-14(10-4-3-5-10)12-9-11(16)6-7-13(12)15/h6-7,9-10,14,17H,2-5,8H2,1H3. The summed E-state index contributed by atoms with van der Waals surface area (Å²) in [5.41, 5.74) is 1.32. The van der Waals surface area contributed by atoms with E-state index in [1.165, 1.54) is 35.7 Å². The molecule has 3 heteroatoms. The highest BCUT2D eigenvalue weighted by Crippen LogP contribution is 2.40. The van der Waals surface area contributed by atoms with Gasteiger partial charge in [-0.1, -0.05) is 40.9 Å². The van der Waals surface area contributed by atoms with Gasteiger partial charge in [0.05, 0.1) is 0 Å². The van der Waals surface area contributed by atoms with Gasteiger partial charge in [0.25, 0.3) is 0 Å². The fourth-order valence-electron chi connectivity index (χ4n) is 2.36. The first kappa shape index (κ1) is 13.4. The van der Waals surface area contributed by atoms with E-state index in [0.717, 1.165) is 17.5 Å². The van der Waals surface area contributed by atoms with Gasteiger partial charge in [-0.2, -0.15) is 0 Å². The molecule has 0 bridgehead atoms. The van der Waals surface area contributed by atoms with Crippen molar-refractivity contribution in [2.75, 3.05) is 6.54 Å². The van der Waals surface area contributed by atoms with Crippen LogP contribution in [0.4, 0.5) is 0 Å². The third-order valence-electron chi connectivity index (χ3n) is 3.53. The minimum atomic E-state index is 0.455. The highest BCUT2D eigenvalue weighted by molar-refractivity contribution is 9.10. The maximum Gasteiger partial charge on any atom is 0.0410 e. The van der Waals surface area contributed by atoms with Crippen molar-refractivity contribution in [3.8, 4) is 0 Å². The van der Waals surface area contributed by atoms with E-state index in [-0.39, 0.29) is 0 Å². The Labute approximate surface area is 117 Å². The van der Waals surface area contributed by atoms with Gasteiger partial charge < -0.3 is 5.32 Å². The summed E-state index contributed by atoms with van der Waals surface area (Å²) in [5, 5.41) is 4.49. The molecule has 1 aromatic rings. The lowest BCUT2D eigenvalue weighted by Crippen LogP contribution is -2.32. The molecule has 2 rings (SSSR count). The summed E-state index contributed by atoms with van der Waals surface area (Å²) in [5.74, 6) is 0.774. The van der Waals surface area contributed by atoms with Crippen molar-refractivity contribution in [3.63, 3.8) is 0 Å². The van der Waals surface area contributed by atoms with Gasteiger partial charge in [0.2, 0.25) is 0 Å². The van der Waals surface area contributed by atoms with E-state index in [1.807, 2.05) is 6.07 Å². The minimum Gasteiger partial charge on any atom is -0.310 e. The molecule has 1 saturated carbocycles. The second-order valence-corrected chi connectivity index (χ2v) is 6.08. The van der Waals surface area contributed by atoms with Crippen LogP contribution >= 0.6 is 27.5 Å². The van der Waals surface area contributed by atoms with Crippen LogP contribution in [0, 0.1) is 5.92 Å². The highest BCUT2D eigenvalue weighted by atomic mass is 79.9. The molecule has 1 unspecified atom stereocenters. The molecule has 1 fully saturated rings. The average molecular weight is 317 g/mol. The zero-order valence-corrected chi connectivity index (χ0v) is 12.5. The molecule has 0 aliphatic heterocycles. The van der Waals surface area contributed by atoms with Gasteiger partial charge in [-0.25, -0.2) is 0 Å². The normalized spacial score (nSPS) is 17.8. The Balaban J connectivity index is 2.20. The number of rotatable bonds is 5. The topological polar surface area (TPSA) is 12.0 Å². The fourth-order valence-corrected chi connectivity index (χ4v) is 3.03. The molecule has 1 N–H and O–H groups in total. The molecular weight excluding hydrogens is 298 g/mol. The van der Waals surface area contributed by atoms with Crippen LogP contribution < -0.4 is 5.32 Å². The van der Waals surface area contributed by atoms with E-state index < -0.39 is 0 Å². The summed E-state index contributed by atoms with van der Waals surface area (Å²) in [6.45, 7) is 3.28. The molecule has 17 heavy (non-hydrogen) atoms. The van der Waals surface area contributed by atoms with Gasteiger partial charge >= 0.3 is 0 Å². The Morgan fingerprint density at radius 1 is 1.47 bits per heavy atom. The van der Waals surface area contributed by atoms with Gasteiger partial charge in [0.15, 0.2) is 0 Å². The first-order valence-electron chi connectivity index (χ1n) is 6.40. The van der Waals surface area contributed by atoms with Crippen molar-refractivity contribution >= 4 is 27.5 Å². The van der Waals surface area contributed by atoms with Crippen LogP contribution in [0.5, 0.6) is 0 Å². The van der Waals surface area contributed by atoms with Crippen LogP contribution in [-0.4, -0.2) is 6.54 Å². The van der Waals surface area contributed by atoms with E-state index in [2.05, 4.69) is 40.3 Å². The largest absolute Gasteiger partial charge is 0.310 e. The Bertz CT molecular complexity index is 376. The second kappa shape index (κ2) is 6.21. The lowest BCUT2D eigenvalue weighted by atomic mass is 9.77. The first-order valence-corrected chi connectivity index (χ1v) is 7.57. The molecule has 1 aliphatic rings. The monoisotopic (exact) mass is 315 g/mol. The van der Waals surface area contributed by atoms with Crippen LogP contribution in [0.3, 0.4) is 0 Å². The Kier molecular flexibility index (Phi) is 4.89. The van der Waals surface area contributed by atoms with Crippen molar-refractivity contribution in [1.29, 1.82) is 0 Å². The van der Waals surface area contributed by atoms with Gasteiger partial charge in [-0.15, -0.1) is 0 Å². The van der Waals surface area contributed by atoms with Crippen LogP contribution in [0.25, 0.3) is 0 Å². The zero-order chi connectivity index (χ0) is 12.3. The lowest BCUT2D eigenvalue weighted by Gasteiger charge is -2.35. The Morgan fingerprint density at radius 3 is 2.82 bits per heavy atom. The Morgan fingerprint density at radius 2 is 2.24 bits per heavy atom. The molecule has 0 saturated heterocycles. The highest BCUT2D eigenvalue weighted by Gasteiger charge is 2.29. The summed E-state index contributed by atoms with van der Waals surface area (Å²) < 4.78 is 1.17. The maximum atomic E-state index is 6.11. The van der Waals surface area contributed by atoms with E-state index in [9.17, 15) is 0 Å². The average Bonchev–Trinajstić information content (AvgIpc) is 2.25. The molecule has 0 spiro atoms. The minimum absolute atomic E-state index is 0.455. The third-order valence-corrected chi connectivity index (χ3v) is 4.49. The molecule has 1 atom stereocenters. The van der Waals surface area contributed by atoms with E-state index >= 15 is 0 Å². The number of hydrogen-bond donors (Lipinski definition) is 1. The predicted molar refractivity (Wildman–Crippen MR) is 77.5 cm³/mol. The van der Waals surface area contributed by atoms with Crippen LogP contribution in [0.2, 0.25) is 5.02 Å². The summed E-state index contributed by atoms with van der Waals surface area (Å²) >= 11 is 9.76. The number of nitrogens with one attached hydrogen (secondary N) is 1. The molecule has 1 aromatic carbocycles. The predicted octanol–water partition coefficient (Wildman–Crippen LogP) is 4.94. The van der Waals surface area contributed by atoms with E-state index in [0.29, 0.717) is 6.04 Å². The van der Waals surface area contributed by atoms with Gasteiger partial charge in [0.1, 0.15) is 0 Å². The molecule has 0 radical (unpaired) electrons. The molecule has 1 aliphatic carbocycles. The lowest BCUT2D eigenvalue weighted by molar-refractivity contribution is 0.230. The molecule has 1 nitrogen and oxygen atoms in total. The molecule has 0 aromatic heterocycles. The van der Waals surface area contributed by atoms with Crippen molar-refractivity contribution in [2.45, 2.75) is 38.6 Å². The van der Waals surface area contributed by atoms with Crippen molar-refractivity contribution in [2.24, 2.45) is 5.92 Å². The molecule has 94 valence electrons. The van der Waals surface area contributed by atoms with E-state index in [1.54, 1.807) is 0 Å². The summed E-state index contributed by atoms with van der Waals surface area (Å²) in [4.78, 5) is 0. The third kappa shape index (κ3) is 3.24. The second-order valence-electron chi connectivity index (χ2n) is 4.79. The fraction of sp³-hybridized carbons (Fsp3) is 0.571. The van der Waals surface area contributed by atoms with Crippen molar-refractivity contribution in [1.82, 2.24) is 5.32 Å². The number of benzene rings is 1. The Hall–Kier alpha value is -0.0500. The first-order chi connectivity index (χ1) is 8.22. The van der Waals surface area contributed by atoms with Crippen LogP contribution in [0.1, 0.15) is 44.2 Å². The van der Waals surface area contributed by atoms with Gasteiger partial charge in [-0.3, -0.25) is 0 Å². The van der Waals surface area contributed by atoms with Gasteiger partial charge in [-0.05, 0) is 55.5 Å². The zero-order valence-electron chi connectivity index (χ0n) is 10.2. The van der Waals surface area contributed by atoms with Crippen molar-refractivity contribution < 1.29 is 0 Å². The smallest absolute Gasteiger partial charge is 0.0410 e. The molecule has 0 heterocycles. The van der Waals surface area contributed by atoms with Gasteiger partial charge in [0, 0.05) is 15.5 Å². The summed E-state index contributed by atoms with van der Waals surface area (Å²) in [6, 6.07) is 6.54. The quantitative estimate of drug-likeness (QED) is 0.811. The van der Waals surface area contributed by atoms with Crippen LogP contribution in [-0.2, 0) is 0 Å². The maximum absolute atomic E-state index is 6.11. The number of halogens is 2.